The third-order valence-electron chi connectivity index (χ3n) is 9.05. The number of hydrogen-bond donors (Lipinski definition) is 0. The SMILES string of the molecule is N#Cc1ncccc1-c1cccc(-c2ccccc2N2c3ccccc3[Si](c3ccccc3)(c3ccccc3)c3ccccc32)c1. The van der Waals surface area contributed by atoms with Crippen LogP contribution >= 0.6 is 0 Å². The molecule has 2 heterocycles. The molecule has 1 aromatic heterocycles. The van der Waals surface area contributed by atoms with E-state index in [0.29, 0.717) is 5.69 Å². The van der Waals surface area contributed by atoms with Crippen LogP contribution in [0.5, 0.6) is 0 Å². The molecule has 3 nitrogen and oxygen atoms in total. The summed E-state index contributed by atoms with van der Waals surface area (Å²) in [5, 5.41) is 15.2. The highest BCUT2D eigenvalue weighted by molar-refractivity contribution is 7.21. The van der Waals surface area contributed by atoms with Crippen molar-refractivity contribution >= 4 is 45.9 Å². The molecule has 0 spiro atoms. The van der Waals surface area contributed by atoms with Crippen LogP contribution in [0.3, 0.4) is 0 Å². The van der Waals surface area contributed by atoms with Crippen LogP contribution in [-0.2, 0) is 0 Å². The van der Waals surface area contributed by atoms with Crippen LogP contribution in [0.15, 0.2) is 176 Å². The Morgan fingerprint density at radius 2 is 0.978 bits per heavy atom. The van der Waals surface area contributed by atoms with E-state index in [1.54, 1.807) is 6.20 Å². The van der Waals surface area contributed by atoms with Crippen LogP contribution in [0.25, 0.3) is 22.3 Å². The number of nitriles is 1. The summed E-state index contributed by atoms with van der Waals surface area (Å²) in [5.74, 6) is 0. The van der Waals surface area contributed by atoms with E-state index in [-0.39, 0.29) is 0 Å². The molecule has 0 fully saturated rings. The molecule has 6 aromatic carbocycles. The van der Waals surface area contributed by atoms with Gasteiger partial charge < -0.3 is 4.90 Å². The molecule has 0 radical (unpaired) electrons. The zero-order chi connectivity index (χ0) is 30.9. The average molecular weight is 604 g/mol. The topological polar surface area (TPSA) is 39.9 Å². The summed E-state index contributed by atoms with van der Waals surface area (Å²) in [6.45, 7) is 0. The van der Waals surface area contributed by atoms with Crippen molar-refractivity contribution in [2.24, 2.45) is 0 Å². The first-order valence-corrected chi connectivity index (χ1v) is 17.5. The molecule has 0 saturated carbocycles. The largest absolute Gasteiger partial charge is 0.310 e. The lowest BCUT2D eigenvalue weighted by molar-refractivity contribution is 1.26. The van der Waals surface area contributed by atoms with Gasteiger partial charge in [0.05, 0.1) is 5.69 Å². The first-order valence-electron chi connectivity index (χ1n) is 15.5. The van der Waals surface area contributed by atoms with Crippen molar-refractivity contribution in [2.45, 2.75) is 0 Å². The molecule has 0 aliphatic carbocycles. The molecule has 7 aromatic rings. The molecule has 216 valence electrons. The van der Waals surface area contributed by atoms with Crippen molar-refractivity contribution in [1.82, 2.24) is 4.98 Å². The Balaban J connectivity index is 1.39. The van der Waals surface area contributed by atoms with Crippen LogP contribution in [0.4, 0.5) is 17.1 Å². The van der Waals surface area contributed by atoms with Gasteiger partial charge in [-0.05, 0) is 68.3 Å². The maximum Gasteiger partial charge on any atom is 0.184 e. The van der Waals surface area contributed by atoms with Crippen molar-refractivity contribution in [3.05, 3.63) is 182 Å². The third kappa shape index (κ3) is 4.29. The van der Waals surface area contributed by atoms with Crippen molar-refractivity contribution in [3.63, 3.8) is 0 Å². The second-order valence-electron chi connectivity index (χ2n) is 11.5. The lowest BCUT2D eigenvalue weighted by Crippen LogP contribution is -2.77. The van der Waals surface area contributed by atoms with Crippen LogP contribution < -0.4 is 25.6 Å². The van der Waals surface area contributed by atoms with Gasteiger partial charge >= 0.3 is 0 Å². The average Bonchev–Trinajstić information content (AvgIpc) is 3.14. The molecule has 0 atom stereocenters. The fourth-order valence-corrected chi connectivity index (χ4v) is 12.3. The number of anilines is 3. The number of aromatic nitrogens is 1. The molecule has 0 bridgehead atoms. The number of rotatable bonds is 5. The van der Waals surface area contributed by atoms with Gasteiger partial charge in [0, 0.05) is 28.7 Å². The number of hydrogen-bond acceptors (Lipinski definition) is 3. The van der Waals surface area contributed by atoms with Gasteiger partial charge in [0.25, 0.3) is 0 Å². The van der Waals surface area contributed by atoms with E-state index < -0.39 is 8.07 Å². The number of fused-ring (bicyclic) bond motifs is 2. The maximum absolute atomic E-state index is 9.76. The Bertz CT molecular complexity index is 2150. The van der Waals surface area contributed by atoms with Crippen molar-refractivity contribution in [1.29, 1.82) is 5.26 Å². The van der Waals surface area contributed by atoms with Gasteiger partial charge in [-0.15, -0.1) is 0 Å². The molecule has 1 aliphatic rings. The zero-order valence-corrected chi connectivity index (χ0v) is 26.1. The summed E-state index contributed by atoms with van der Waals surface area (Å²) in [5.41, 5.74) is 7.92. The summed E-state index contributed by atoms with van der Waals surface area (Å²) in [4.78, 5) is 6.77. The fourth-order valence-electron chi connectivity index (χ4n) is 7.17. The van der Waals surface area contributed by atoms with E-state index >= 15 is 0 Å². The second kappa shape index (κ2) is 11.5. The van der Waals surface area contributed by atoms with Crippen molar-refractivity contribution in [2.75, 3.05) is 4.90 Å². The monoisotopic (exact) mass is 603 g/mol. The van der Waals surface area contributed by atoms with Gasteiger partial charge in [-0.2, -0.15) is 5.26 Å². The van der Waals surface area contributed by atoms with E-state index in [2.05, 4.69) is 174 Å². The minimum Gasteiger partial charge on any atom is -0.310 e. The standard InChI is InChI=1S/C42H29N3Si/c43-30-37-35(22-14-28-44-37)31-15-13-16-32(29-31)36-21-7-8-23-38(36)45-39-24-9-11-26-41(39)46(33-17-3-1-4-18-33,34-19-5-2-6-20-34)42-27-12-10-25-40(42)45/h1-29H. The minimum atomic E-state index is -2.69. The quantitative estimate of drug-likeness (QED) is 0.192. The van der Waals surface area contributed by atoms with Gasteiger partial charge in [0.1, 0.15) is 11.8 Å². The summed E-state index contributed by atoms with van der Waals surface area (Å²) in [6, 6.07) is 63.3. The van der Waals surface area contributed by atoms with Gasteiger partial charge in [-0.25, -0.2) is 4.98 Å². The predicted molar refractivity (Wildman–Crippen MR) is 192 cm³/mol. The van der Waals surface area contributed by atoms with E-state index in [4.69, 9.17) is 0 Å². The molecule has 0 N–H and O–H groups in total. The lowest BCUT2D eigenvalue weighted by atomic mass is 9.96. The molecule has 46 heavy (non-hydrogen) atoms. The Labute approximate surface area is 270 Å². The highest BCUT2D eigenvalue weighted by atomic mass is 28.3. The third-order valence-corrected chi connectivity index (χ3v) is 13.9. The molecule has 0 unspecified atom stereocenters. The molecular formula is C42H29N3Si. The fraction of sp³-hybridized carbons (Fsp3) is 0. The van der Waals surface area contributed by atoms with Gasteiger partial charge in [0.2, 0.25) is 0 Å². The van der Waals surface area contributed by atoms with E-state index in [0.717, 1.165) is 27.9 Å². The molecule has 0 saturated heterocycles. The summed E-state index contributed by atoms with van der Waals surface area (Å²) in [7, 11) is -2.69. The summed E-state index contributed by atoms with van der Waals surface area (Å²) >= 11 is 0. The second-order valence-corrected chi connectivity index (χ2v) is 15.2. The Hall–Kier alpha value is -6.02. The van der Waals surface area contributed by atoms with Gasteiger partial charge in [-0.1, -0.05) is 133 Å². The normalized spacial score (nSPS) is 12.9. The Morgan fingerprint density at radius 3 is 1.59 bits per heavy atom. The number of pyridine rings is 1. The van der Waals surface area contributed by atoms with Crippen LogP contribution in [-0.4, -0.2) is 13.1 Å². The van der Waals surface area contributed by atoms with Crippen LogP contribution in [0.1, 0.15) is 5.69 Å². The smallest absolute Gasteiger partial charge is 0.184 e. The first-order chi connectivity index (χ1) is 22.8. The Morgan fingerprint density at radius 1 is 0.478 bits per heavy atom. The van der Waals surface area contributed by atoms with Gasteiger partial charge in [0.15, 0.2) is 8.07 Å². The molecule has 1 aliphatic heterocycles. The highest BCUT2D eigenvalue weighted by Gasteiger charge is 2.48. The maximum atomic E-state index is 9.76. The highest BCUT2D eigenvalue weighted by Crippen LogP contribution is 2.43. The molecular weight excluding hydrogens is 575 g/mol. The van der Waals surface area contributed by atoms with Crippen molar-refractivity contribution < 1.29 is 0 Å². The zero-order valence-electron chi connectivity index (χ0n) is 25.1. The molecule has 8 rings (SSSR count). The Kier molecular flexibility index (Phi) is 6.87. The van der Waals surface area contributed by atoms with Crippen LogP contribution in [0, 0.1) is 11.3 Å². The lowest BCUT2D eigenvalue weighted by Gasteiger charge is -2.45. The predicted octanol–water partition coefficient (Wildman–Crippen LogP) is 7.45. The minimum absolute atomic E-state index is 0.426. The number of para-hydroxylation sites is 3. The van der Waals surface area contributed by atoms with Crippen molar-refractivity contribution in [3.8, 4) is 28.3 Å². The first kappa shape index (κ1) is 27.5. The van der Waals surface area contributed by atoms with Crippen LogP contribution in [0.2, 0.25) is 0 Å². The van der Waals surface area contributed by atoms with E-state index in [9.17, 15) is 5.26 Å². The van der Waals surface area contributed by atoms with Gasteiger partial charge in [-0.3, -0.25) is 0 Å². The number of benzene rings is 6. The summed E-state index contributed by atoms with van der Waals surface area (Å²) in [6.07, 6.45) is 1.67. The number of nitrogens with zero attached hydrogens (tertiary/aromatic N) is 3. The molecule has 0 amide bonds. The van der Waals surface area contributed by atoms with E-state index in [1.165, 1.54) is 32.1 Å². The van der Waals surface area contributed by atoms with E-state index in [1.807, 2.05) is 12.1 Å². The molecule has 4 heteroatoms. The summed E-state index contributed by atoms with van der Waals surface area (Å²) < 4.78 is 0.